The number of hydrogen-bond acceptors (Lipinski definition) is 2. The van der Waals surface area contributed by atoms with E-state index in [4.69, 9.17) is 11.5 Å². The molecule has 1 aliphatic rings. The molecule has 4 heteroatoms. The van der Waals surface area contributed by atoms with Crippen molar-refractivity contribution in [2.75, 3.05) is 0 Å². The zero-order valence-electron chi connectivity index (χ0n) is 10.9. The highest BCUT2D eigenvalue weighted by atomic mass is 16.1. The fraction of sp³-hybridized carbons (Fsp3) is 0.400. The molecule has 3 rings (SSSR count). The number of aromatic nitrogens is 1. The summed E-state index contributed by atoms with van der Waals surface area (Å²) >= 11 is 0. The van der Waals surface area contributed by atoms with E-state index in [0.717, 1.165) is 36.6 Å². The van der Waals surface area contributed by atoms with E-state index in [1.807, 2.05) is 12.1 Å². The Labute approximate surface area is 112 Å². The smallest absolute Gasteiger partial charge is 0.250 e. The van der Waals surface area contributed by atoms with Gasteiger partial charge in [-0.2, -0.15) is 0 Å². The highest BCUT2D eigenvalue weighted by molar-refractivity contribution is 6.05. The van der Waals surface area contributed by atoms with Gasteiger partial charge in [0.2, 0.25) is 0 Å². The highest BCUT2D eigenvalue weighted by Gasteiger charge is 2.22. The molecule has 0 aliphatic heterocycles. The predicted molar refractivity (Wildman–Crippen MR) is 76.0 cm³/mol. The topological polar surface area (TPSA) is 84.9 Å². The minimum atomic E-state index is -0.385. The summed E-state index contributed by atoms with van der Waals surface area (Å²) in [5, 5.41) is 1.06. The SMILES string of the molecule is NC(=O)c1cccc2cc([C@H]3CC[C@@H](N)CC3)[nH]c12. The van der Waals surface area contributed by atoms with Crippen molar-refractivity contribution >= 4 is 16.8 Å². The van der Waals surface area contributed by atoms with Gasteiger partial charge in [-0.05, 0) is 43.7 Å². The van der Waals surface area contributed by atoms with Gasteiger partial charge in [0.1, 0.15) is 0 Å². The number of carbonyl (C=O) groups is 1. The van der Waals surface area contributed by atoms with Crippen LogP contribution in [0.2, 0.25) is 0 Å². The van der Waals surface area contributed by atoms with Gasteiger partial charge >= 0.3 is 0 Å². The normalized spacial score (nSPS) is 23.6. The lowest BCUT2D eigenvalue weighted by molar-refractivity contribution is 0.100. The van der Waals surface area contributed by atoms with Crippen LogP contribution in [0.15, 0.2) is 24.3 Å². The van der Waals surface area contributed by atoms with Crippen LogP contribution in [0.5, 0.6) is 0 Å². The number of hydrogen-bond donors (Lipinski definition) is 3. The molecule has 0 unspecified atom stereocenters. The molecule has 1 fully saturated rings. The summed E-state index contributed by atoms with van der Waals surface area (Å²) in [5.41, 5.74) is 14.0. The van der Waals surface area contributed by atoms with Crippen molar-refractivity contribution in [3.05, 3.63) is 35.5 Å². The summed E-state index contributed by atoms with van der Waals surface area (Å²) in [6.45, 7) is 0. The maximum Gasteiger partial charge on any atom is 0.250 e. The third kappa shape index (κ3) is 2.24. The summed E-state index contributed by atoms with van der Waals surface area (Å²) in [4.78, 5) is 14.8. The number of nitrogens with two attached hydrogens (primary N) is 2. The second kappa shape index (κ2) is 4.70. The minimum Gasteiger partial charge on any atom is -0.366 e. The number of carbonyl (C=O) groups excluding carboxylic acids is 1. The monoisotopic (exact) mass is 257 g/mol. The van der Waals surface area contributed by atoms with Crippen LogP contribution < -0.4 is 11.5 Å². The lowest BCUT2D eigenvalue weighted by Crippen LogP contribution is -2.25. The number of H-pyrrole nitrogens is 1. The Balaban J connectivity index is 1.98. The van der Waals surface area contributed by atoms with E-state index in [1.165, 1.54) is 5.69 Å². The Morgan fingerprint density at radius 1 is 1.21 bits per heavy atom. The van der Waals surface area contributed by atoms with Gasteiger partial charge in [-0.3, -0.25) is 4.79 Å². The van der Waals surface area contributed by atoms with Crippen LogP contribution in [0.4, 0.5) is 0 Å². The number of rotatable bonds is 2. The second-order valence-electron chi connectivity index (χ2n) is 5.47. The van der Waals surface area contributed by atoms with Crippen molar-refractivity contribution in [3.63, 3.8) is 0 Å². The molecule has 1 aromatic carbocycles. The van der Waals surface area contributed by atoms with Crippen LogP contribution in [0.1, 0.15) is 47.7 Å². The van der Waals surface area contributed by atoms with Crippen molar-refractivity contribution in [2.45, 2.75) is 37.6 Å². The Morgan fingerprint density at radius 2 is 1.95 bits per heavy atom. The fourth-order valence-electron chi connectivity index (χ4n) is 3.03. The van der Waals surface area contributed by atoms with Crippen molar-refractivity contribution in [1.82, 2.24) is 4.98 Å². The van der Waals surface area contributed by atoms with E-state index in [1.54, 1.807) is 6.07 Å². The Bertz CT molecular complexity index is 609. The van der Waals surface area contributed by atoms with Crippen LogP contribution in [-0.2, 0) is 0 Å². The molecule has 0 saturated heterocycles. The van der Waals surface area contributed by atoms with Crippen LogP contribution in [-0.4, -0.2) is 16.9 Å². The van der Waals surface area contributed by atoms with Gasteiger partial charge in [-0.15, -0.1) is 0 Å². The molecule has 19 heavy (non-hydrogen) atoms. The van der Waals surface area contributed by atoms with Crippen LogP contribution in [0.3, 0.4) is 0 Å². The zero-order valence-corrected chi connectivity index (χ0v) is 10.9. The van der Waals surface area contributed by atoms with E-state index >= 15 is 0 Å². The molecule has 5 N–H and O–H groups in total. The maximum atomic E-state index is 11.4. The molecular formula is C15H19N3O. The predicted octanol–water partition coefficient (Wildman–Crippen LogP) is 2.25. The average Bonchev–Trinajstić information content (AvgIpc) is 2.82. The van der Waals surface area contributed by atoms with Crippen molar-refractivity contribution < 1.29 is 4.79 Å². The summed E-state index contributed by atoms with van der Waals surface area (Å²) in [6.07, 6.45) is 4.37. The first-order valence-corrected chi connectivity index (χ1v) is 6.82. The zero-order chi connectivity index (χ0) is 13.4. The lowest BCUT2D eigenvalue weighted by atomic mass is 9.84. The molecule has 1 saturated carbocycles. The summed E-state index contributed by atoms with van der Waals surface area (Å²) in [5.74, 6) is 0.137. The molecule has 0 spiro atoms. The first kappa shape index (κ1) is 12.2. The van der Waals surface area contributed by atoms with E-state index in [9.17, 15) is 4.79 Å². The summed E-state index contributed by atoms with van der Waals surface area (Å²) in [7, 11) is 0. The third-order valence-electron chi connectivity index (χ3n) is 4.15. The van der Waals surface area contributed by atoms with Crippen LogP contribution in [0.25, 0.3) is 10.9 Å². The average molecular weight is 257 g/mol. The van der Waals surface area contributed by atoms with Gasteiger partial charge in [0.25, 0.3) is 5.91 Å². The number of primary amides is 1. The second-order valence-corrected chi connectivity index (χ2v) is 5.47. The molecule has 0 radical (unpaired) electrons. The standard InChI is InChI=1S/C15H19N3O/c16-11-6-4-9(5-7-11)13-8-10-2-1-3-12(15(17)19)14(10)18-13/h1-3,8-9,11,18H,4-7,16H2,(H2,17,19)/t9-,11+. The molecule has 0 atom stereocenters. The Morgan fingerprint density at radius 3 is 2.63 bits per heavy atom. The first-order chi connectivity index (χ1) is 9.15. The number of benzene rings is 1. The van der Waals surface area contributed by atoms with Gasteiger partial charge in [0.05, 0.1) is 11.1 Å². The van der Waals surface area contributed by atoms with Crippen molar-refractivity contribution in [1.29, 1.82) is 0 Å². The Hall–Kier alpha value is -1.81. The summed E-state index contributed by atoms with van der Waals surface area (Å²) < 4.78 is 0. The van der Waals surface area contributed by atoms with Gasteiger partial charge in [0.15, 0.2) is 0 Å². The third-order valence-corrected chi connectivity index (χ3v) is 4.15. The van der Waals surface area contributed by atoms with Crippen LogP contribution in [0, 0.1) is 0 Å². The molecule has 100 valence electrons. The molecular weight excluding hydrogens is 238 g/mol. The molecule has 2 aromatic rings. The highest BCUT2D eigenvalue weighted by Crippen LogP contribution is 2.33. The number of para-hydroxylation sites is 1. The van der Waals surface area contributed by atoms with Crippen LogP contribution >= 0.6 is 0 Å². The van der Waals surface area contributed by atoms with Crippen molar-refractivity contribution in [3.8, 4) is 0 Å². The van der Waals surface area contributed by atoms with E-state index in [2.05, 4.69) is 11.1 Å². The van der Waals surface area contributed by atoms with E-state index in [0.29, 0.717) is 17.5 Å². The van der Waals surface area contributed by atoms with Gasteiger partial charge in [-0.1, -0.05) is 12.1 Å². The van der Waals surface area contributed by atoms with Gasteiger partial charge < -0.3 is 16.5 Å². The number of fused-ring (bicyclic) bond motifs is 1. The summed E-state index contributed by atoms with van der Waals surface area (Å²) in [6, 6.07) is 8.14. The molecule has 0 bridgehead atoms. The quantitative estimate of drug-likeness (QED) is 0.770. The largest absolute Gasteiger partial charge is 0.366 e. The lowest BCUT2D eigenvalue weighted by Gasteiger charge is -2.25. The minimum absolute atomic E-state index is 0.349. The van der Waals surface area contributed by atoms with E-state index < -0.39 is 0 Å². The van der Waals surface area contributed by atoms with E-state index in [-0.39, 0.29) is 5.91 Å². The number of nitrogens with one attached hydrogen (secondary N) is 1. The fourth-order valence-corrected chi connectivity index (χ4v) is 3.03. The number of amides is 1. The van der Waals surface area contributed by atoms with Gasteiger partial charge in [-0.25, -0.2) is 0 Å². The molecule has 1 aromatic heterocycles. The van der Waals surface area contributed by atoms with Crippen molar-refractivity contribution in [2.24, 2.45) is 11.5 Å². The Kier molecular flexibility index (Phi) is 3.03. The molecule has 1 heterocycles. The molecule has 1 amide bonds. The number of aromatic amines is 1. The first-order valence-electron chi connectivity index (χ1n) is 6.82. The van der Waals surface area contributed by atoms with Gasteiger partial charge in [0, 0.05) is 17.1 Å². The molecule has 1 aliphatic carbocycles. The maximum absolute atomic E-state index is 11.4. The molecule has 4 nitrogen and oxygen atoms in total.